The van der Waals surface area contributed by atoms with Crippen LogP contribution in [-0.2, 0) is 6.18 Å². The van der Waals surface area contributed by atoms with Gasteiger partial charge in [-0.05, 0) is 61.9 Å². The van der Waals surface area contributed by atoms with E-state index in [1.54, 1.807) is 29.0 Å². The van der Waals surface area contributed by atoms with Gasteiger partial charge in [-0.2, -0.15) is 13.2 Å². The predicted octanol–water partition coefficient (Wildman–Crippen LogP) is 5.96. The number of nitrogens with zero attached hydrogens (tertiary/aromatic N) is 3. The fraction of sp³-hybridized carbons (Fsp3) is 0.348. The Morgan fingerprint density at radius 1 is 1.12 bits per heavy atom. The number of hydrogen-bond acceptors (Lipinski definition) is 4. The number of pyridine rings is 2. The molecule has 0 atom stereocenters. The first-order valence-corrected chi connectivity index (χ1v) is 11.4. The van der Waals surface area contributed by atoms with Crippen molar-refractivity contribution in [1.82, 2.24) is 19.9 Å². The number of halogens is 5. The summed E-state index contributed by atoms with van der Waals surface area (Å²) in [6, 6.07) is 7.19. The number of alkyl halides is 3. The fourth-order valence-electron chi connectivity index (χ4n) is 3.93. The molecule has 0 saturated heterocycles. The average Bonchev–Trinajstić information content (AvgIpc) is 3.28. The van der Waals surface area contributed by atoms with E-state index in [2.05, 4.69) is 15.3 Å². The van der Waals surface area contributed by atoms with Crippen LogP contribution in [0.5, 0.6) is 5.75 Å². The summed E-state index contributed by atoms with van der Waals surface area (Å²) in [7, 11) is 0. The molecule has 34 heavy (non-hydrogen) atoms. The Bertz CT molecular complexity index is 1140. The van der Waals surface area contributed by atoms with E-state index in [1.807, 2.05) is 0 Å². The number of hydrogen-bond donors (Lipinski definition) is 1. The Morgan fingerprint density at radius 2 is 1.88 bits per heavy atom. The molecule has 1 amide bonds. The molecule has 0 radical (unpaired) electrons. The Kier molecular flexibility index (Phi) is 7.33. The van der Waals surface area contributed by atoms with Crippen LogP contribution in [0.25, 0.3) is 5.82 Å². The highest BCUT2D eigenvalue weighted by molar-refractivity contribution is 6.35. The fourth-order valence-corrected chi connectivity index (χ4v) is 4.40. The van der Waals surface area contributed by atoms with Crippen LogP contribution in [0.3, 0.4) is 0 Å². The van der Waals surface area contributed by atoms with E-state index >= 15 is 0 Å². The number of rotatable bonds is 6. The highest BCUT2D eigenvalue weighted by Crippen LogP contribution is 2.30. The van der Waals surface area contributed by atoms with Gasteiger partial charge in [0, 0.05) is 18.9 Å². The van der Waals surface area contributed by atoms with Gasteiger partial charge < -0.3 is 10.1 Å². The summed E-state index contributed by atoms with van der Waals surface area (Å²) in [5.41, 5.74) is -0.539. The van der Waals surface area contributed by atoms with E-state index < -0.39 is 11.9 Å². The van der Waals surface area contributed by atoms with Gasteiger partial charge in [0.05, 0.1) is 22.3 Å². The quantitative estimate of drug-likeness (QED) is 0.442. The van der Waals surface area contributed by atoms with Crippen molar-refractivity contribution >= 4 is 29.1 Å². The molecule has 0 aliphatic heterocycles. The second-order valence-corrected chi connectivity index (χ2v) is 8.91. The minimum absolute atomic E-state index is 0.0964. The third kappa shape index (κ3) is 5.82. The molecular formula is C23H21Cl2F3N4O2. The van der Waals surface area contributed by atoms with E-state index in [1.165, 1.54) is 12.3 Å². The zero-order chi connectivity index (χ0) is 24.3. The average molecular weight is 513 g/mol. The standard InChI is InChI=1S/C23H21Cl2F3N4O2/c24-15-10-18(25)21(30-12-15)32-9-1-2-19(32)22(33)31-11-14-3-5-16(6-4-14)34-17-7-8-20(29-13-17)23(26,27)28/h1-2,7-10,12-14,16H,3-6,11H2,(H,31,33)/t14-,16+. The van der Waals surface area contributed by atoms with Gasteiger partial charge in [-0.1, -0.05) is 23.2 Å². The molecule has 1 saturated carbocycles. The molecule has 11 heteroatoms. The minimum atomic E-state index is -4.47. The largest absolute Gasteiger partial charge is 0.489 e. The van der Waals surface area contributed by atoms with Gasteiger partial charge in [-0.25, -0.2) is 9.97 Å². The molecule has 3 aromatic rings. The molecule has 1 aliphatic rings. The van der Waals surface area contributed by atoms with E-state index in [-0.39, 0.29) is 17.9 Å². The minimum Gasteiger partial charge on any atom is -0.489 e. The van der Waals surface area contributed by atoms with E-state index in [9.17, 15) is 18.0 Å². The Labute approximate surface area is 204 Å². The molecule has 1 aliphatic carbocycles. The number of nitrogens with one attached hydrogen (secondary N) is 1. The summed E-state index contributed by atoms with van der Waals surface area (Å²) in [6.45, 7) is 0.500. The molecule has 0 spiro atoms. The summed E-state index contributed by atoms with van der Waals surface area (Å²) < 4.78 is 45.3. The smallest absolute Gasteiger partial charge is 0.433 e. The molecule has 3 heterocycles. The van der Waals surface area contributed by atoms with Crippen molar-refractivity contribution in [2.75, 3.05) is 6.54 Å². The van der Waals surface area contributed by atoms with Crippen LogP contribution in [0.4, 0.5) is 13.2 Å². The zero-order valence-electron chi connectivity index (χ0n) is 17.9. The highest BCUT2D eigenvalue weighted by atomic mass is 35.5. The van der Waals surface area contributed by atoms with Crippen molar-refractivity contribution in [1.29, 1.82) is 0 Å². The maximum atomic E-state index is 12.8. The van der Waals surface area contributed by atoms with Crippen molar-refractivity contribution < 1.29 is 22.7 Å². The number of ether oxygens (including phenoxy) is 1. The van der Waals surface area contributed by atoms with Gasteiger partial charge in [0.25, 0.3) is 5.91 Å². The van der Waals surface area contributed by atoms with Gasteiger partial charge in [0.2, 0.25) is 0 Å². The third-order valence-electron chi connectivity index (χ3n) is 5.67. The molecule has 180 valence electrons. The van der Waals surface area contributed by atoms with Gasteiger partial charge in [-0.3, -0.25) is 9.36 Å². The Morgan fingerprint density at radius 3 is 2.53 bits per heavy atom. The number of carbonyl (C=O) groups is 1. The van der Waals surface area contributed by atoms with Crippen molar-refractivity contribution in [2.24, 2.45) is 5.92 Å². The summed E-state index contributed by atoms with van der Waals surface area (Å²) in [5.74, 6) is 0.763. The first-order valence-electron chi connectivity index (χ1n) is 10.7. The van der Waals surface area contributed by atoms with Crippen LogP contribution in [0.1, 0.15) is 41.9 Å². The van der Waals surface area contributed by atoms with E-state index in [4.69, 9.17) is 27.9 Å². The van der Waals surface area contributed by atoms with Crippen LogP contribution in [0.2, 0.25) is 10.0 Å². The van der Waals surface area contributed by atoms with Crippen LogP contribution < -0.4 is 10.1 Å². The van der Waals surface area contributed by atoms with Gasteiger partial charge in [0.15, 0.2) is 5.82 Å². The van der Waals surface area contributed by atoms with Crippen LogP contribution in [0.15, 0.2) is 48.9 Å². The number of aromatic nitrogens is 3. The number of amides is 1. The summed E-state index contributed by atoms with van der Waals surface area (Å²) in [4.78, 5) is 20.4. The van der Waals surface area contributed by atoms with E-state index in [0.29, 0.717) is 33.9 Å². The van der Waals surface area contributed by atoms with Crippen molar-refractivity contribution in [3.63, 3.8) is 0 Å². The molecule has 4 rings (SSSR count). The monoisotopic (exact) mass is 512 g/mol. The molecule has 1 fully saturated rings. The van der Waals surface area contributed by atoms with Gasteiger partial charge in [0.1, 0.15) is 17.1 Å². The summed E-state index contributed by atoms with van der Waals surface area (Å²) in [6.07, 6.45) is 2.83. The van der Waals surface area contributed by atoms with Crippen LogP contribution >= 0.6 is 23.2 Å². The van der Waals surface area contributed by atoms with Crippen LogP contribution in [0, 0.1) is 5.92 Å². The summed E-state index contributed by atoms with van der Waals surface area (Å²) in [5, 5.41) is 3.70. The molecule has 1 N–H and O–H groups in total. The lowest BCUT2D eigenvalue weighted by molar-refractivity contribution is -0.141. The van der Waals surface area contributed by atoms with Crippen LogP contribution in [-0.4, -0.2) is 33.1 Å². The topological polar surface area (TPSA) is 69.0 Å². The molecule has 0 bridgehead atoms. The molecule has 3 aromatic heterocycles. The van der Waals surface area contributed by atoms with Crippen molar-refractivity contribution in [2.45, 2.75) is 38.0 Å². The summed E-state index contributed by atoms with van der Waals surface area (Å²) >= 11 is 12.1. The third-order valence-corrected chi connectivity index (χ3v) is 6.16. The second kappa shape index (κ2) is 10.2. The maximum absolute atomic E-state index is 12.8. The molecule has 0 unspecified atom stereocenters. The molecule has 0 aromatic carbocycles. The van der Waals surface area contributed by atoms with Gasteiger partial charge >= 0.3 is 6.18 Å². The lowest BCUT2D eigenvalue weighted by Gasteiger charge is -2.29. The first-order chi connectivity index (χ1) is 16.2. The SMILES string of the molecule is O=C(NC[C@H]1CC[C@@H](Oc2ccc(C(F)(F)F)nc2)CC1)c1cccn1-c1ncc(Cl)cc1Cl. The Hall–Kier alpha value is -2.78. The first kappa shape index (κ1) is 24.3. The number of carbonyl (C=O) groups excluding carboxylic acids is 1. The second-order valence-electron chi connectivity index (χ2n) is 8.07. The van der Waals surface area contributed by atoms with Crippen molar-refractivity contribution in [3.05, 3.63) is 70.4 Å². The maximum Gasteiger partial charge on any atom is 0.433 e. The van der Waals surface area contributed by atoms with Gasteiger partial charge in [-0.15, -0.1) is 0 Å². The van der Waals surface area contributed by atoms with E-state index in [0.717, 1.165) is 37.9 Å². The lowest BCUT2D eigenvalue weighted by Crippen LogP contribution is -2.34. The predicted molar refractivity (Wildman–Crippen MR) is 122 cm³/mol. The Balaban J connectivity index is 1.27. The lowest BCUT2D eigenvalue weighted by atomic mass is 9.87. The zero-order valence-corrected chi connectivity index (χ0v) is 19.4. The normalized spacial score (nSPS) is 18.5. The highest BCUT2D eigenvalue weighted by Gasteiger charge is 2.32. The molecular weight excluding hydrogens is 492 g/mol. The van der Waals surface area contributed by atoms with Crippen molar-refractivity contribution in [3.8, 4) is 11.6 Å². The molecule has 6 nitrogen and oxygen atoms in total.